The van der Waals surface area contributed by atoms with E-state index in [-0.39, 0.29) is 11.9 Å². The van der Waals surface area contributed by atoms with Gasteiger partial charge in [0, 0.05) is 18.5 Å². The van der Waals surface area contributed by atoms with Gasteiger partial charge in [0.2, 0.25) is 5.91 Å². The van der Waals surface area contributed by atoms with E-state index in [0.29, 0.717) is 12.5 Å². The molecule has 0 saturated carbocycles. The van der Waals surface area contributed by atoms with Gasteiger partial charge in [-0.2, -0.15) is 0 Å². The Balaban J connectivity index is 1.76. The molecule has 2 N–H and O–H groups in total. The van der Waals surface area contributed by atoms with Crippen LogP contribution in [0.25, 0.3) is 0 Å². The fraction of sp³-hybridized carbons (Fsp3) is 0.562. The van der Waals surface area contributed by atoms with Gasteiger partial charge in [-0.05, 0) is 50.4 Å². The number of hydrogen-bond donors (Lipinski definition) is 2. The van der Waals surface area contributed by atoms with Gasteiger partial charge in [-0.25, -0.2) is 0 Å². The third-order valence-corrected chi connectivity index (χ3v) is 3.91. The van der Waals surface area contributed by atoms with Gasteiger partial charge in [-0.1, -0.05) is 12.1 Å². The first-order chi connectivity index (χ1) is 9.69. The molecular formula is C16H24N2O2. The summed E-state index contributed by atoms with van der Waals surface area (Å²) in [7, 11) is 1.65. The summed E-state index contributed by atoms with van der Waals surface area (Å²) >= 11 is 0. The molecule has 1 fully saturated rings. The molecule has 1 heterocycles. The fourth-order valence-corrected chi connectivity index (χ4v) is 2.57. The van der Waals surface area contributed by atoms with Gasteiger partial charge < -0.3 is 15.4 Å². The highest BCUT2D eigenvalue weighted by Crippen LogP contribution is 2.13. The van der Waals surface area contributed by atoms with Gasteiger partial charge in [0.25, 0.3) is 0 Å². The number of rotatable bonds is 5. The third-order valence-electron chi connectivity index (χ3n) is 3.91. The van der Waals surface area contributed by atoms with Crippen LogP contribution < -0.4 is 15.4 Å². The zero-order valence-electron chi connectivity index (χ0n) is 12.3. The summed E-state index contributed by atoms with van der Waals surface area (Å²) in [5, 5.41) is 6.53. The van der Waals surface area contributed by atoms with E-state index in [4.69, 9.17) is 4.74 Å². The second-order valence-electron chi connectivity index (χ2n) is 5.41. The van der Waals surface area contributed by atoms with E-state index in [2.05, 4.69) is 17.6 Å². The topological polar surface area (TPSA) is 50.4 Å². The van der Waals surface area contributed by atoms with Crippen molar-refractivity contribution in [1.82, 2.24) is 10.6 Å². The van der Waals surface area contributed by atoms with Gasteiger partial charge in [0.1, 0.15) is 5.75 Å². The number of hydrogen-bond acceptors (Lipinski definition) is 3. The molecule has 1 aliphatic rings. The minimum atomic E-state index is 0.140. The van der Waals surface area contributed by atoms with Crippen LogP contribution in [0.5, 0.6) is 5.75 Å². The van der Waals surface area contributed by atoms with Crippen molar-refractivity contribution >= 4 is 5.91 Å². The van der Waals surface area contributed by atoms with E-state index in [9.17, 15) is 4.79 Å². The van der Waals surface area contributed by atoms with Gasteiger partial charge in [-0.3, -0.25) is 4.79 Å². The Hall–Kier alpha value is -1.55. The van der Waals surface area contributed by atoms with E-state index in [1.54, 1.807) is 7.11 Å². The Morgan fingerprint density at radius 1 is 1.40 bits per heavy atom. The molecule has 2 rings (SSSR count). The second kappa shape index (κ2) is 7.29. The van der Waals surface area contributed by atoms with Gasteiger partial charge in [0.05, 0.1) is 7.11 Å². The van der Waals surface area contributed by atoms with Gasteiger partial charge >= 0.3 is 0 Å². The van der Waals surface area contributed by atoms with E-state index in [1.807, 2.05) is 24.3 Å². The predicted molar refractivity (Wildman–Crippen MR) is 79.9 cm³/mol. The van der Waals surface area contributed by atoms with Crippen LogP contribution in [0.3, 0.4) is 0 Å². The molecule has 0 radical (unpaired) electrons. The Morgan fingerprint density at radius 2 is 2.15 bits per heavy atom. The molecular weight excluding hydrogens is 252 g/mol. The molecule has 1 aromatic carbocycles. The maximum Gasteiger partial charge on any atom is 0.220 e. The lowest BCUT2D eigenvalue weighted by Crippen LogP contribution is -2.51. The number of nitrogens with one attached hydrogen (secondary N) is 2. The maximum absolute atomic E-state index is 12.0. The summed E-state index contributed by atoms with van der Waals surface area (Å²) in [5.74, 6) is 0.988. The number of piperidine rings is 1. The van der Waals surface area contributed by atoms with Crippen molar-refractivity contribution in [3.8, 4) is 5.75 Å². The molecule has 1 aliphatic heterocycles. The molecule has 1 saturated heterocycles. The lowest BCUT2D eigenvalue weighted by atomic mass is 9.99. The number of aryl methyl sites for hydroxylation is 1. The number of carbonyl (C=O) groups excluding carboxylic acids is 1. The molecule has 4 heteroatoms. The lowest BCUT2D eigenvalue weighted by Gasteiger charge is -2.30. The number of ether oxygens (including phenoxy) is 1. The number of amides is 1. The minimum absolute atomic E-state index is 0.140. The van der Waals surface area contributed by atoms with Gasteiger partial charge in [-0.15, -0.1) is 0 Å². The molecule has 1 amide bonds. The first-order valence-corrected chi connectivity index (χ1v) is 7.34. The predicted octanol–water partition coefficient (Wildman–Crippen LogP) is 1.88. The lowest BCUT2D eigenvalue weighted by molar-refractivity contribution is -0.122. The normalized spacial score (nSPS) is 22.3. The molecule has 0 spiro atoms. The highest BCUT2D eigenvalue weighted by molar-refractivity contribution is 5.76. The Morgan fingerprint density at radius 3 is 2.80 bits per heavy atom. The fourth-order valence-electron chi connectivity index (χ4n) is 2.57. The van der Waals surface area contributed by atoms with Crippen molar-refractivity contribution < 1.29 is 9.53 Å². The van der Waals surface area contributed by atoms with Gasteiger partial charge in [0.15, 0.2) is 0 Å². The van der Waals surface area contributed by atoms with Crippen molar-refractivity contribution in [2.75, 3.05) is 13.7 Å². The molecule has 2 atom stereocenters. The summed E-state index contributed by atoms with van der Waals surface area (Å²) in [6, 6.07) is 8.52. The van der Waals surface area contributed by atoms with Crippen molar-refractivity contribution in [2.24, 2.45) is 0 Å². The standard InChI is InChI=1S/C16H24N2O2/c1-12-15(4-3-11-17-12)18-16(19)10-7-13-5-8-14(20-2)9-6-13/h5-6,8-9,12,15,17H,3-4,7,10-11H2,1-2H3,(H,18,19). The van der Waals surface area contributed by atoms with Crippen molar-refractivity contribution in [1.29, 1.82) is 0 Å². The minimum Gasteiger partial charge on any atom is -0.497 e. The van der Waals surface area contributed by atoms with Crippen molar-refractivity contribution in [2.45, 2.75) is 44.7 Å². The number of benzene rings is 1. The smallest absolute Gasteiger partial charge is 0.220 e. The first-order valence-electron chi connectivity index (χ1n) is 7.34. The van der Waals surface area contributed by atoms with Crippen LogP contribution in [0.2, 0.25) is 0 Å². The highest BCUT2D eigenvalue weighted by Gasteiger charge is 2.21. The summed E-state index contributed by atoms with van der Waals surface area (Å²) in [6.07, 6.45) is 3.51. The Labute approximate surface area is 120 Å². The average Bonchev–Trinajstić information content (AvgIpc) is 2.48. The Bertz CT molecular complexity index is 431. The van der Waals surface area contributed by atoms with E-state index in [1.165, 1.54) is 0 Å². The Kier molecular flexibility index (Phi) is 5.41. The molecule has 2 unspecified atom stereocenters. The second-order valence-corrected chi connectivity index (χ2v) is 5.41. The van der Waals surface area contributed by atoms with Crippen LogP contribution in [0.1, 0.15) is 31.7 Å². The zero-order chi connectivity index (χ0) is 14.4. The quantitative estimate of drug-likeness (QED) is 0.863. The van der Waals surface area contributed by atoms with Crippen LogP contribution in [0.4, 0.5) is 0 Å². The molecule has 20 heavy (non-hydrogen) atoms. The molecule has 110 valence electrons. The van der Waals surface area contributed by atoms with Crippen molar-refractivity contribution in [3.63, 3.8) is 0 Å². The molecule has 0 aliphatic carbocycles. The first kappa shape index (κ1) is 14.9. The number of methoxy groups -OCH3 is 1. The third kappa shape index (κ3) is 4.23. The van der Waals surface area contributed by atoms with E-state index < -0.39 is 0 Å². The van der Waals surface area contributed by atoms with Crippen LogP contribution >= 0.6 is 0 Å². The SMILES string of the molecule is COc1ccc(CCC(=O)NC2CCCNC2C)cc1. The summed E-state index contributed by atoms with van der Waals surface area (Å²) in [6.45, 7) is 3.19. The molecule has 1 aromatic rings. The summed E-state index contributed by atoms with van der Waals surface area (Å²) < 4.78 is 5.12. The number of carbonyl (C=O) groups is 1. The van der Waals surface area contributed by atoms with Crippen LogP contribution in [0.15, 0.2) is 24.3 Å². The van der Waals surface area contributed by atoms with Crippen molar-refractivity contribution in [3.05, 3.63) is 29.8 Å². The van der Waals surface area contributed by atoms with E-state index >= 15 is 0 Å². The monoisotopic (exact) mass is 276 g/mol. The molecule has 0 bridgehead atoms. The molecule has 4 nitrogen and oxygen atoms in total. The van der Waals surface area contributed by atoms with Crippen LogP contribution in [-0.2, 0) is 11.2 Å². The highest BCUT2D eigenvalue weighted by atomic mass is 16.5. The average molecular weight is 276 g/mol. The summed E-state index contributed by atoms with van der Waals surface area (Å²) in [5.41, 5.74) is 1.16. The summed E-state index contributed by atoms with van der Waals surface area (Å²) in [4.78, 5) is 12.0. The van der Waals surface area contributed by atoms with E-state index in [0.717, 1.165) is 37.1 Å². The maximum atomic E-state index is 12.0. The molecule has 0 aromatic heterocycles. The van der Waals surface area contributed by atoms with Crippen LogP contribution in [-0.4, -0.2) is 31.6 Å². The largest absolute Gasteiger partial charge is 0.497 e. The van der Waals surface area contributed by atoms with Crippen LogP contribution in [0, 0.1) is 0 Å². The zero-order valence-corrected chi connectivity index (χ0v) is 12.3.